The zero-order chi connectivity index (χ0) is 23.2. The van der Waals surface area contributed by atoms with Gasteiger partial charge >= 0.3 is 5.97 Å². The van der Waals surface area contributed by atoms with Crippen molar-refractivity contribution in [2.75, 3.05) is 10.2 Å². The largest absolute Gasteiger partial charge is 0.506 e. The van der Waals surface area contributed by atoms with Crippen LogP contribution in [-0.2, 0) is 0 Å². The summed E-state index contributed by atoms with van der Waals surface area (Å²) < 4.78 is 0. The molecule has 1 heterocycles. The molecule has 8 heteroatoms. The van der Waals surface area contributed by atoms with Crippen LogP contribution in [0.3, 0.4) is 0 Å². The van der Waals surface area contributed by atoms with Crippen LogP contribution in [0.1, 0.15) is 52.6 Å². The Morgan fingerprint density at radius 1 is 0.875 bits per heavy atom. The van der Waals surface area contributed by atoms with Gasteiger partial charge in [-0.3, -0.25) is 14.4 Å². The molecule has 0 aromatic heterocycles. The van der Waals surface area contributed by atoms with Gasteiger partial charge in [-0.05, 0) is 67.4 Å². The van der Waals surface area contributed by atoms with Crippen LogP contribution in [0.15, 0.2) is 54.6 Å². The number of imide groups is 1. The van der Waals surface area contributed by atoms with Gasteiger partial charge in [0.05, 0.1) is 28.1 Å². The van der Waals surface area contributed by atoms with E-state index >= 15 is 0 Å². The van der Waals surface area contributed by atoms with Crippen molar-refractivity contribution >= 4 is 35.1 Å². The van der Waals surface area contributed by atoms with Gasteiger partial charge in [-0.2, -0.15) is 0 Å². The van der Waals surface area contributed by atoms with Gasteiger partial charge in [0, 0.05) is 5.56 Å². The van der Waals surface area contributed by atoms with Crippen LogP contribution in [0.25, 0.3) is 0 Å². The standard InChI is InChI=1S/C24H18N2O6/c1-12-4-3-5-19(13(12)2)26-22(29)16-8-6-14(10-17(16)23(26)30)21(28)25-18-11-15(24(31)32)7-9-20(18)27/h3-11,27H,1-2H3,(H,25,28)(H,31,32). The molecule has 160 valence electrons. The van der Waals surface area contributed by atoms with Crippen LogP contribution in [0.5, 0.6) is 5.75 Å². The third-order valence-corrected chi connectivity index (χ3v) is 5.46. The highest BCUT2D eigenvalue weighted by Crippen LogP contribution is 2.32. The number of anilines is 2. The highest BCUT2D eigenvalue weighted by molar-refractivity contribution is 6.35. The number of benzene rings is 3. The van der Waals surface area contributed by atoms with E-state index in [1.165, 1.54) is 24.3 Å². The maximum Gasteiger partial charge on any atom is 0.335 e. The lowest BCUT2D eigenvalue weighted by atomic mass is 10.0. The molecule has 1 aliphatic heterocycles. The zero-order valence-electron chi connectivity index (χ0n) is 17.2. The van der Waals surface area contributed by atoms with Crippen LogP contribution in [0.4, 0.5) is 11.4 Å². The number of nitrogens with one attached hydrogen (secondary N) is 1. The zero-order valence-corrected chi connectivity index (χ0v) is 17.2. The second-order valence-corrected chi connectivity index (χ2v) is 7.42. The van der Waals surface area contributed by atoms with Crippen LogP contribution >= 0.6 is 0 Å². The lowest BCUT2D eigenvalue weighted by Crippen LogP contribution is -2.30. The van der Waals surface area contributed by atoms with E-state index in [-0.39, 0.29) is 33.7 Å². The van der Waals surface area contributed by atoms with E-state index in [0.717, 1.165) is 28.2 Å². The fourth-order valence-corrected chi connectivity index (χ4v) is 3.54. The topological polar surface area (TPSA) is 124 Å². The minimum Gasteiger partial charge on any atom is -0.506 e. The van der Waals surface area contributed by atoms with E-state index < -0.39 is 23.7 Å². The molecule has 0 saturated carbocycles. The summed E-state index contributed by atoms with van der Waals surface area (Å²) in [5.41, 5.74) is 2.36. The number of aryl methyl sites for hydroxylation is 1. The van der Waals surface area contributed by atoms with E-state index in [4.69, 9.17) is 5.11 Å². The summed E-state index contributed by atoms with van der Waals surface area (Å²) in [6, 6.07) is 12.9. The molecule has 1 aliphatic rings. The molecule has 3 amide bonds. The second kappa shape index (κ2) is 7.66. The Hall–Kier alpha value is -4.46. The number of hydrogen-bond acceptors (Lipinski definition) is 5. The van der Waals surface area contributed by atoms with Crippen LogP contribution < -0.4 is 10.2 Å². The number of carbonyl (C=O) groups excluding carboxylic acids is 3. The van der Waals surface area contributed by atoms with Gasteiger partial charge in [0.1, 0.15) is 5.75 Å². The summed E-state index contributed by atoms with van der Waals surface area (Å²) in [5.74, 6) is -3.21. The quantitative estimate of drug-likeness (QED) is 0.428. The maximum atomic E-state index is 13.0. The number of rotatable bonds is 4. The van der Waals surface area contributed by atoms with E-state index in [1.54, 1.807) is 12.1 Å². The fraction of sp³-hybridized carbons (Fsp3) is 0.0833. The number of hydrogen-bond donors (Lipinski definition) is 3. The molecule has 0 atom stereocenters. The Balaban J connectivity index is 1.66. The van der Waals surface area contributed by atoms with E-state index in [9.17, 15) is 24.3 Å². The fourth-order valence-electron chi connectivity index (χ4n) is 3.54. The first-order chi connectivity index (χ1) is 15.2. The number of phenols is 1. The molecule has 3 aromatic carbocycles. The Morgan fingerprint density at radius 3 is 2.28 bits per heavy atom. The third kappa shape index (κ3) is 3.37. The highest BCUT2D eigenvalue weighted by Gasteiger charge is 2.38. The van der Waals surface area contributed by atoms with E-state index in [1.807, 2.05) is 19.9 Å². The van der Waals surface area contributed by atoms with Gasteiger partial charge in [0.15, 0.2) is 0 Å². The summed E-state index contributed by atoms with van der Waals surface area (Å²) in [6.45, 7) is 3.71. The monoisotopic (exact) mass is 430 g/mol. The van der Waals surface area contributed by atoms with Crippen molar-refractivity contribution in [2.45, 2.75) is 13.8 Å². The van der Waals surface area contributed by atoms with Crippen molar-refractivity contribution in [1.82, 2.24) is 0 Å². The molecule has 3 N–H and O–H groups in total. The van der Waals surface area contributed by atoms with Crippen LogP contribution in [0, 0.1) is 13.8 Å². The average molecular weight is 430 g/mol. The first-order valence-corrected chi connectivity index (χ1v) is 9.65. The Bertz CT molecular complexity index is 1330. The number of carbonyl (C=O) groups is 4. The van der Waals surface area contributed by atoms with Crippen molar-refractivity contribution < 1.29 is 29.4 Å². The molecule has 0 bridgehead atoms. The van der Waals surface area contributed by atoms with Gasteiger partial charge in [-0.15, -0.1) is 0 Å². The summed E-state index contributed by atoms with van der Waals surface area (Å²) in [6.07, 6.45) is 0. The number of carboxylic acids is 1. The number of aromatic carboxylic acids is 1. The minimum atomic E-state index is -1.21. The van der Waals surface area contributed by atoms with Crippen LogP contribution in [-0.4, -0.2) is 33.9 Å². The van der Waals surface area contributed by atoms with Crippen molar-refractivity contribution in [3.8, 4) is 5.75 Å². The minimum absolute atomic E-state index is 0.0767. The summed E-state index contributed by atoms with van der Waals surface area (Å²) in [5, 5.41) is 21.5. The normalized spacial score (nSPS) is 12.6. The predicted octanol–water partition coefficient (Wildman–Crippen LogP) is 3.76. The van der Waals surface area contributed by atoms with Crippen molar-refractivity contribution in [2.24, 2.45) is 0 Å². The van der Waals surface area contributed by atoms with E-state index in [2.05, 4.69) is 5.32 Å². The smallest absolute Gasteiger partial charge is 0.335 e. The van der Waals surface area contributed by atoms with E-state index in [0.29, 0.717) is 5.69 Å². The predicted molar refractivity (Wildman–Crippen MR) is 117 cm³/mol. The van der Waals surface area contributed by atoms with Crippen molar-refractivity contribution in [3.05, 3.63) is 88.0 Å². The molecule has 0 spiro atoms. The molecule has 0 unspecified atom stereocenters. The molecular formula is C24H18N2O6. The maximum absolute atomic E-state index is 13.0. The molecule has 3 aromatic rings. The Kier molecular flexibility index (Phi) is 4.98. The van der Waals surface area contributed by atoms with Gasteiger partial charge in [0.2, 0.25) is 0 Å². The average Bonchev–Trinajstić information content (AvgIpc) is 3.01. The molecule has 4 rings (SSSR count). The molecular weight excluding hydrogens is 412 g/mol. The number of phenolic OH excluding ortho intramolecular Hbond substituents is 1. The first-order valence-electron chi connectivity index (χ1n) is 9.65. The third-order valence-electron chi connectivity index (χ3n) is 5.46. The first kappa shape index (κ1) is 20.8. The molecule has 0 radical (unpaired) electrons. The Morgan fingerprint density at radius 2 is 1.56 bits per heavy atom. The van der Waals surface area contributed by atoms with Crippen LogP contribution in [0.2, 0.25) is 0 Å². The van der Waals surface area contributed by atoms with Gasteiger partial charge < -0.3 is 15.5 Å². The summed E-state index contributed by atoms with van der Waals surface area (Å²) in [7, 11) is 0. The molecule has 0 saturated heterocycles. The summed E-state index contributed by atoms with van der Waals surface area (Å²) in [4.78, 5) is 50.9. The number of nitrogens with zero attached hydrogens (tertiary/aromatic N) is 1. The lowest BCUT2D eigenvalue weighted by Gasteiger charge is -2.17. The number of carboxylic acid groups (broad SMARTS) is 1. The highest BCUT2D eigenvalue weighted by atomic mass is 16.4. The molecule has 8 nitrogen and oxygen atoms in total. The van der Waals surface area contributed by atoms with Gasteiger partial charge in [0.25, 0.3) is 17.7 Å². The molecule has 32 heavy (non-hydrogen) atoms. The Labute approximate surface area is 182 Å². The number of aromatic hydroxyl groups is 1. The van der Waals surface area contributed by atoms with Crippen molar-refractivity contribution in [3.63, 3.8) is 0 Å². The lowest BCUT2D eigenvalue weighted by molar-refractivity contribution is 0.0696. The molecule has 0 aliphatic carbocycles. The number of fused-ring (bicyclic) bond motifs is 1. The SMILES string of the molecule is Cc1cccc(N2C(=O)c3ccc(C(=O)Nc4cc(C(=O)O)ccc4O)cc3C2=O)c1C. The number of amides is 3. The van der Waals surface area contributed by atoms with Gasteiger partial charge in [-0.1, -0.05) is 12.1 Å². The van der Waals surface area contributed by atoms with Crippen molar-refractivity contribution in [1.29, 1.82) is 0 Å². The van der Waals surface area contributed by atoms with Gasteiger partial charge in [-0.25, -0.2) is 9.69 Å². The summed E-state index contributed by atoms with van der Waals surface area (Å²) >= 11 is 0. The molecule has 0 fully saturated rings. The second-order valence-electron chi connectivity index (χ2n) is 7.42.